The summed E-state index contributed by atoms with van der Waals surface area (Å²) in [4.78, 5) is 0. The summed E-state index contributed by atoms with van der Waals surface area (Å²) in [6, 6.07) is 0. The Balaban J connectivity index is 2.23. The van der Waals surface area contributed by atoms with Gasteiger partial charge in [0.05, 0.1) is 12.2 Å². The summed E-state index contributed by atoms with van der Waals surface area (Å²) in [5.41, 5.74) is 0. The average molecular weight is 156 g/mol. The zero-order valence-corrected chi connectivity index (χ0v) is 7.97. The van der Waals surface area contributed by atoms with Crippen LogP contribution in [0.2, 0.25) is 0 Å². The molecule has 0 spiro atoms. The molecule has 1 heteroatoms. The van der Waals surface area contributed by atoms with E-state index in [1.807, 2.05) is 0 Å². The van der Waals surface area contributed by atoms with Crippen molar-refractivity contribution in [2.24, 2.45) is 5.92 Å². The lowest BCUT2D eigenvalue weighted by Crippen LogP contribution is -2.24. The van der Waals surface area contributed by atoms with Gasteiger partial charge in [-0.2, -0.15) is 0 Å². The maximum absolute atomic E-state index is 5.76. The van der Waals surface area contributed by atoms with Gasteiger partial charge < -0.3 is 4.74 Å². The zero-order valence-electron chi connectivity index (χ0n) is 7.97. The van der Waals surface area contributed by atoms with E-state index in [1.165, 1.54) is 25.7 Å². The molecule has 0 saturated heterocycles. The molecule has 2 atom stereocenters. The fourth-order valence-corrected chi connectivity index (χ4v) is 1.89. The minimum absolute atomic E-state index is 0.408. The van der Waals surface area contributed by atoms with Gasteiger partial charge in [-0.1, -0.05) is 19.8 Å². The Hall–Kier alpha value is -0.0400. The monoisotopic (exact) mass is 156 g/mol. The summed E-state index contributed by atoms with van der Waals surface area (Å²) in [5, 5.41) is 0. The van der Waals surface area contributed by atoms with Crippen molar-refractivity contribution in [3.63, 3.8) is 0 Å². The van der Waals surface area contributed by atoms with Gasteiger partial charge in [0.1, 0.15) is 0 Å². The van der Waals surface area contributed by atoms with E-state index in [9.17, 15) is 0 Å². The Morgan fingerprint density at radius 2 is 2.00 bits per heavy atom. The molecule has 1 fully saturated rings. The van der Waals surface area contributed by atoms with Gasteiger partial charge in [-0.3, -0.25) is 0 Å². The zero-order chi connectivity index (χ0) is 8.27. The van der Waals surface area contributed by atoms with Gasteiger partial charge >= 0.3 is 0 Å². The molecule has 1 aliphatic rings. The summed E-state index contributed by atoms with van der Waals surface area (Å²) in [5.74, 6) is 0.882. The second-order valence-electron chi connectivity index (χ2n) is 4.08. The molecule has 11 heavy (non-hydrogen) atoms. The molecule has 0 aromatic carbocycles. The van der Waals surface area contributed by atoms with Crippen molar-refractivity contribution in [1.82, 2.24) is 0 Å². The Kier molecular flexibility index (Phi) is 3.38. The van der Waals surface area contributed by atoms with Crippen LogP contribution in [0, 0.1) is 5.92 Å². The first kappa shape index (κ1) is 9.05. The first-order valence-electron chi connectivity index (χ1n) is 4.84. The van der Waals surface area contributed by atoms with Gasteiger partial charge in [0, 0.05) is 0 Å². The second-order valence-corrected chi connectivity index (χ2v) is 4.08. The van der Waals surface area contributed by atoms with E-state index in [1.54, 1.807) is 0 Å². The number of ether oxygens (including phenoxy) is 1. The minimum Gasteiger partial charge on any atom is -0.376 e. The van der Waals surface area contributed by atoms with Crippen LogP contribution in [0.1, 0.15) is 46.5 Å². The molecule has 0 aromatic heterocycles. The van der Waals surface area contributed by atoms with E-state index in [-0.39, 0.29) is 0 Å². The summed E-state index contributed by atoms with van der Waals surface area (Å²) in [7, 11) is 0. The third kappa shape index (κ3) is 3.24. The molecule has 0 N–H and O–H groups in total. The Morgan fingerprint density at radius 1 is 1.27 bits per heavy atom. The third-order valence-corrected chi connectivity index (χ3v) is 2.35. The summed E-state index contributed by atoms with van der Waals surface area (Å²) in [6.45, 7) is 6.58. The molecule has 66 valence electrons. The highest BCUT2D eigenvalue weighted by molar-refractivity contribution is 4.70. The summed E-state index contributed by atoms with van der Waals surface area (Å²) in [6.07, 6.45) is 6.28. The van der Waals surface area contributed by atoms with Crippen LogP contribution in [0.15, 0.2) is 0 Å². The van der Waals surface area contributed by atoms with Gasteiger partial charge in [-0.25, -0.2) is 0 Å². The topological polar surface area (TPSA) is 9.23 Å². The lowest BCUT2D eigenvalue weighted by molar-refractivity contribution is -0.0218. The van der Waals surface area contributed by atoms with Crippen LogP contribution in [0.3, 0.4) is 0 Å². The Labute approximate surface area is 70.1 Å². The molecule has 0 unspecified atom stereocenters. The van der Waals surface area contributed by atoms with Crippen LogP contribution in [0.5, 0.6) is 0 Å². The number of rotatable bonds is 2. The quantitative estimate of drug-likeness (QED) is 0.597. The predicted molar refractivity (Wildman–Crippen MR) is 47.6 cm³/mol. The van der Waals surface area contributed by atoms with Crippen molar-refractivity contribution in [2.75, 3.05) is 0 Å². The lowest BCUT2D eigenvalue weighted by atomic mass is 9.88. The van der Waals surface area contributed by atoms with Crippen molar-refractivity contribution < 1.29 is 4.74 Å². The van der Waals surface area contributed by atoms with Crippen LogP contribution in [0.25, 0.3) is 0 Å². The second kappa shape index (κ2) is 4.10. The Bertz CT molecular complexity index is 107. The van der Waals surface area contributed by atoms with E-state index >= 15 is 0 Å². The van der Waals surface area contributed by atoms with Crippen molar-refractivity contribution in [3.8, 4) is 0 Å². The van der Waals surface area contributed by atoms with E-state index < -0.39 is 0 Å². The minimum atomic E-state index is 0.408. The molecule has 0 bridgehead atoms. The molecule has 1 aliphatic carbocycles. The first-order chi connectivity index (χ1) is 5.18. The standard InChI is InChI=1S/C10H20O/c1-8(2)11-10-6-4-5-9(3)7-10/h8-10H,4-7H2,1-3H3/t9-,10-/m0/s1. The highest BCUT2D eigenvalue weighted by Gasteiger charge is 2.19. The molecule has 0 aromatic rings. The van der Waals surface area contributed by atoms with Gasteiger partial charge in [0.25, 0.3) is 0 Å². The van der Waals surface area contributed by atoms with Crippen molar-refractivity contribution in [3.05, 3.63) is 0 Å². The van der Waals surface area contributed by atoms with E-state index in [0.29, 0.717) is 12.2 Å². The van der Waals surface area contributed by atoms with Crippen molar-refractivity contribution in [2.45, 2.75) is 58.7 Å². The van der Waals surface area contributed by atoms with Gasteiger partial charge in [0.2, 0.25) is 0 Å². The lowest BCUT2D eigenvalue weighted by Gasteiger charge is -2.28. The Morgan fingerprint density at radius 3 is 2.55 bits per heavy atom. The fraction of sp³-hybridized carbons (Fsp3) is 1.00. The molecule has 0 heterocycles. The van der Waals surface area contributed by atoms with E-state index in [0.717, 1.165) is 5.92 Å². The van der Waals surface area contributed by atoms with Crippen molar-refractivity contribution in [1.29, 1.82) is 0 Å². The molecular formula is C10H20O. The fourth-order valence-electron chi connectivity index (χ4n) is 1.89. The van der Waals surface area contributed by atoms with Crippen molar-refractivity contribution >= 4 is 0 Å². The molecule has 0 amide bonds. The molecule has 1 nitrogen and oxygen atoms in total. The van der Waals surface area contributed by atoms with E-state index in [4.69, 9.17) is 4.74 Å². The summed E-state index contributed by atoms with van der Waals surface area (Å²) < 4.78 is 5.76. The molecule has 0 radical (unpaired) electrons. The van der Waals surface area contributed by atoms with Crippen LogP contribution in [-0.2, 0) is 4.74 Å². The van der Waals surface area contributed by atoms with Gasteiger partial charge in [-0.05, 0) is 32.6 Å². The predicted octanol–water partition coefficient (Wildman–Crippen LogP) is 2.99. The highest BCUT2D eigenvalue weighted by atomic mass is 16.5. The normalized spacial score (nSPS) is 32.7. The largest absolute Gasteiger partial charge is 0.376 e. The highest BCUT2D eigenvalue weighted by Crippen LogP contribution is 2.26. The molecule has 1 rings (SSSR count). The van der Waals surface area contributed by atoms with E-state index in [2.05, 4.69) is 20.8 Å². The summed E-state index contributed by atoms with van der Waals surface area (Å²) >= 11 is 0. The van der Waals surface area contributed by atoms with Crippen LogP contribution in [-0.4, -0.2) is 12.2 Å². The number of hydrogen-bond donors (Lipinski definition) is 0. The third-order valence-electron chi connectivity index (χ3n) is 2.35. The molecule has 0 aliphatic heterocycles. The van der Waals surface area contributed by atoms with Gasteiger partial charge in [0.15, 0.2) is 0 Å². The average Bonchev–Trinajstić information content (AvgIpc) is 1.85. The van der Waals surface area contributed by atoms with Crippen LogP contribution >= 0.6 is 0 Å². The van der Waals surface area contributed by atoms with Crippen LogP contribution < -0.4 is 0 Å². The molecule has 1 saturated carbocycles. The van der Waals surface area contributed by atoms with Crippen LogP contribution in [0.4, 0.5) is 0 Å². The first-order valence-corrected chi connectivity index (χ1v) is 4.84. The SMILES string of the molecule is CC(C)O[C@H]1CCC[C@H](C)C1. The van der Waals surface area contributed by atoms with Gasteiger partial charge in [-0.15, -0.1) is 0 Å². The maximum atomic E-state index is 5.76. The number of hydrogen-bond acceptors (Lipinski definition) is 1. The molecular weight excluding hydrogens is 136 g/mol. The maximum Gasteiger partial charge on any atom is 0.0581 e. The smallest absolute Gasteiger partial charge is 0.0581 e.